The standard InChI is InChI=1S/C11H18/c1-3-4-10-7-9-5-6-11(10,2)8-9/h7,9H,3-6,8H2,1-2H3. The Hall–Kier alpha value is -0.260. The second kappa shape index (κ2) is 2.36. The van der Waals surface area contributed by atoms with Crippen LogP contribution in [0.1, 0.15) is 46.0 Å². The maximum absolute atomic E-state index is 2.56. The molecule has 0 saturated heterocycles. The first kappa shape index (κ1) is 7.39. The summed E-state index contributed by atoms with van der Waals surface area (Å²) in [6, 6.07) is 0. The fourth-order valence-electron chi connectivity index (χ4n) is 2.86. The predicted molar refractivity (Wildman–Crippen MR) is 48.4 cm³/mol. The largest absolute Gasteiger partial charge is 0.0816 e. The van der Waals surface area contributed by atoms with Gasteiger partial charge in [-0.1, -0.05) is 31.9 Å². The van der Waals surface area contributed by atoms with Gasteiger partial charge in [-0.05, 0) is 37.0 Å². The van der Waals surface area contributed by atoms with Crippen molar-refractivity contribution in [1.29, 1.82) is 0 Å². The van der Waals surface area contributed by atoms with Gasteiger partial charge in [-0.2, -0.15) is 0 Å². The summed E-state index contributed by atoms with van der Waals surface area (Å²) in [7, 11) is 0. The van der Waals surface area contributed by atoms with Gasteiger partial charge in [0.15, 0.2) is 0 Å². The van der Waals surface area contributed by atoms with E-state index in [1.807, 2.05) is 0 Å². The van der Waals surface area contributed by atoms with Crippen LogP contribution in [0, 0.1) is 11.3 Å². The minimum Gasteiger partial charge on any atom is -0.0816 e. The summed E-state index contributed by atoms with van der Waals surface area (Å²) in [6.07, 6.45) is 9.63. The van der Waals surface area contributed by atoms with Crippen LogP contribution < -0.4 is 0 Å². The number of hydrogen-bond donors (Lipinski definition) is 0. The van der Waals surface area contributed by atoms with Crippen LogP contribution in [0.3, 0.4) is 0 Å². The smallest absolute Gasteiger partial charge is 0.0110 e. The molecule has 1 saturated carbocycles. The lowest BCUT2D eigenvalue weighted by Gasteiger charge is -2.24. The van der Waals surface area contributed by atoms with Gasteiger partial charge in [0.05, 0.1) is 0 Å². The molecular weight excluding hydrogens is 132 g/mol. The average molecular weight is 150 g/mol. The molecule has 1 fully saturated rings. The number of fused-ring (bicyclic) bond motifs is 2. The highest BCUT2D eigenvalue weighted by atomic mass is 14.5. The van der Waals surface area contributed by atoms with E-state index in [9.17, 15) is 0 Å². The van der Waals surface area contributed by atoms with E-state index in [2.05, 4.69) is 19.9 Å². The van der Waals surface area contributed by atoms with Crippen LogP contribution in [0.5, 0.6) is 0 Å². The summed E-state index contributed by atoms with van der Waals surface area (Å²) in [4.78, 5) is 0. The van der Waals surface area contributed by atoms with Gasteiger partial charge >= 0.3 is 0 Å². The molecule has 0 aromatic rings. The van der Waals surface area contributed by atoms with Crippen LogP contribution in [0.4, 0.5) is 0 Å². The van der Waals surface area contributed by atoms with Crippen molar-refractivity contribution in [2.75, 3.05) is 0 Å². The molecule has 2 aliphatic carbocycles. The molecular formula is C11H18. The molecule has 0 heteroatoms. The summed E-state index contributed by atoms with van der Waals surface area (Å²) in [6.45, 7) is 4.75. The van der Waals surface area contributed by atoms with Crippen molar-refractivity contribution in [2.45, 2.75) is 46.0 Å². The molecule has 0 nitrogen and oxygen atoms in total. The Kier molecular flexibility index (Phi) is 1.59. The maximum Gasteiger partial charge on any atom is -0.0110 e. The summed E-state index contributed by atoms with van der Waals surface area (Å²) in [5, 5.41) is 0. The lowest BCUT2D eigenvalue weighted by atomic mass is 9.80. The maximum atomic E-state index is 2.56. The number of rotatable bonds is 2. The summed E-state index contributed by atoms with van der Waals surface area (Å²) >= 11 is 0. The summed E-state index contributed by atoms with van der Waals surface area (Å²) < 4.78 is 0. The highest BCUT2D eigenvalue weighted by Gasteiger charge is 2.41. The third-order valence-electron chi connectivity index (χ3n) is 3.51. The first-order valence-corrected chi connectivity index (χ1v) is 4.96. The molecule has 11 heavy (non-hydrogen) atoms. The molecule has 2 unspecified atom stereocenters. The molecule has 0 amide bonds. The third kappa shape index (κ3) is 1.04. The highest BCUT2D eigenvalue weighted by molar-refractivity contribution is 5.25. The van der Waals surface area contributed by atoms with Crippen molar-refractivity contribution in [2.24, 2.45) is 11.3 Å². The van der Waals surface area contributed by atoms with Crippen LogP contribution in [0.25, 0.3) is 0 Å². The molecule has 2 aliphatic rings. The Labute approximate surface area is 69.7 Å². The molecule has 62 valence electrons. The Bertz CT molecular complexity index is 190. The second-order valence-corrected chi connectivity index (χ2v) is 4.51. The minimum absolute atomic E-state index is 0.640. The van der Waals surface area contributed by atoms with Crippen molar-refractivity contribution < 1.29 is 0 Å². The van der Waals surface area contributed by atoms with E-state index in [1.165, 1.54) is 32.1 Å². The van der Waals surface area contributed by atoms with Crippen molar-refractivity contribution in [3.05, 3.63) is 11.6 Å². The molecule has 0 spiro atoms. The van der Waals surface area contributed by atoms with Crippen molar-refractivity contribution >= 4 is 0 Å². The first-order chi connectivity index (χ1) is 5.24. The second-order valence-electron chi connectivity index (χ2n) is 4.51. The van der Waals surface area contributed by atoms with Gasteiger partial charge in [0.2, 0.25) is 0 Å². The molecule has 0 aliphatic heterocycles. The zero-order valence-electron chi connectivity index (χ0n) is 7.69. The van der Waals surface area contributed by atoms with Gasteiger partial charge in [-0.3, -0.25) is 0 Å². The average Bonchev–Trinajstić information content (AvgIpc) is 2.44. The first-order valence-electron chi connectivity index (χ1n) is 4.96. The molecule has 0 heterocycles. The van der Waals surface area contributed by atoms with E-state index in [4.69, 9.17) is 0 Å². The highest BCUT2D eigenvalue weighted by Crippen LogP contribution is 2.54. The summed E-state index contributed by atoms with van der Waals surface area (Å²) in [5.41, 5.74) is 2.41. The van der Waals surface area contributed by atoms with Crippen LogP contribution in [-0.2, 0) is 0 Å². The monoisotopic (exact) mass is 150 g/mol. The zero-order valence-corrected chi connectivity index (χ0v) is 7.69. The van der Waals surface area contributed by atoms with Crippen molar-refractivity contribution in [3.8, 4) is 0 Å². The number of allylic oxidation sites excluding steroid dienone is 2. The van der Waals surface area contributed by atoms with Gasteiger partial charge in [-0.15, -0.1) is 0 Å². The van der Waals surface area contributed by atoms with Gasteiger partial charge in [0, 0.05) is 0 Å². The number of hydrogen-bond acceptors (Lipinski definition) is 0. The van der Waals surface area contributed by atoms with Gasteiger partial charge in [-0.25, -0.2) is 0 Å². The Morgan fingerprint density at radius 2 is 2.45 bits per heavy atom. The van der Waals surface area contributed by atoms with Crippen LogP contribution in [0.15, 0.2) is 11.6 Å². The van der Waals surface area contributed by atoms with E-state index >= 15 is 0 Å². The summed E-state index contributed by atoms with van der Waals surface area (Å²) in [5.74, 6) is 0.960. The SMILES string of the molecule is CCCC1=CC2CCC1(C)C2. The van der Waals surface area contributed by atoms with Gasteiger partial charge in [0.25, 0.3) is 0 Å². The van der Waals surface area contributed by atoms with Crippen molar-refractivity contribution in [3.63, 3.8) is 0 Å². The Morgan fingerprint density at radius 3 is 2.91 bits per heavy atom. The van der Waals surface area contributed by atoms with Crippen molar-refractivity contribution in [1.82, 2.24) is 0 Å². The Morgan fingerprint density at radius 1 is 1.64 bits per heavy atom. The molecule has 2 bridgehead atoms. The topological polar surface area (TPSA) is 0 Å². The molecule has 0 aromatic heterocycles. The fourth-order valence-corrected chi connectivity index (χ4v) is 2.86. The molecule has 0 N–H and O–H groups in total. The fraction of sp³-hybridized carbons (Fsp3) is 0.818. The molecule has 0 aromatic carbocycles. The third-order valence-corrected chi connectivity index (χ3v) is 3.51. The molecule has 2 atom stereocenters. The normalized spacial score (nSPS) is 41.3. The zero-order chi connectivity index (χ0) is 7.90. The van der Waals surface area contributed by atoms with Gasteiger partial charge in [0.1, 0.15) is 0 Å². The molecule has 0 radical (unpaired) electrons. The van der Waals surface area contributed by atoms with E-state index in [0.29, 0.717) is 5.41 Å². The van der Waals surface area contributed by atoms with E-state index < -0.39 is 0 Å². The Balaban J connectivity index is 2.16. The quantitative estimate of drug-likeness (QED) is 0.528. The van der Waals surface area contributed by atoms with Crippen LogP contribution in [0.2, 0.25) is 0 Å². The van der Waals surface area contributed by atoms with Crippen LogP contribution in [-0.4, -0.2) is 0 Å². The van der Waals surface area contributed by atoms with E-state index in [1.54, 1.807) is 5.57 Å². The minimum atomic E-state index is 0.640. The lowest BCUT2D eigenvalue weighted by molar-refractivity contribution is 0.409. The van der Waals surface area contributed by atoms with E-state index in [0.717, 1.165) is 5.92 Å². The van der Waals surface area contributed by atoms with E-state index in [-0.39, 0.29) is 0 Å². The molecule has 2 rings (SSSR count). The lowest BCUT2D eigenvalue weighted by Crippen LogP contribution is -2.12. The predicted octanol–water partition coefficient (Wildman–Crippen LogP) is 3.53. The van der Waals surface area contributed by atoms with Crippen LogP contribution >= 0.6 is 0 Å². The van der Waals surface area contributed by atoms with Gasteiger partial charge < -0.3 is 0 Å².